The largest absolute Gasteiger partial charge is 0.481 e. The molecule has 0 unspecified atom stereocenters. The zero-order valence-corrected chi connectivity index (χ0v) is 11.5. The second-order valence-corrected chi connectivity index (χ2v) is 6.48. The zero-order valence-electron chi connectivity index (χ0n) is 9.85. The fourth-order valence-corrected chi connectivity index (χ4v) is 3.25. The fourth-order valence-electron chi connectivity index (χ4n) is 1.40. The van der Waals surface area contributed by atoms with E-state index in [-0.39, 0.29) is 0 Å². The second-order valence-electron chi connectivity index (χ2n) is 4.33. The van der Waals surface area contributed by atoms with Gasteiger partial charge in [-0.3, -0.25) is 4.79 Å². The molecule has 0 spiro atoms. The van der Waals surface area contributed by atoms with E-state index >= 15 is 0 Å². The first-order valence-electron chi connectivity index (χ1n) is 5.18. The van der Waals surface area contributed by atoms with Crippen molar-refractivity contribution >= 4 is 28.6 Å². The monoisotopic (exact) mass is 267 g/mol. The van der Waals surface area contributed by atoms with E-state index in [4.69, 9.17) is 0 Å². The maximum Gasteiger partial charge on any atom is 0.316 e. The average molecular weight is 267 g/mol. The van der Waals surface area contributed by atoms with Crippen molar-refractivity contribution < 1.29 is 9.90 Å². The molecule has 0 amide bonds. The van der Waals surface area contributed by atoms with Gasteiger partial charge in [0.1, 0.15) is 10.4 Å². The second kappa shape index (κ2) is 4.23. The SMILES string of the molecule is Cc1sc(C(C)(C)C(=O)O)nc1-c1cccs1. The van der Waals surface area contributed by atoms with E-state index in [1.807, 2.05) is 24.4 Å². The number of aryl methyl sites for hydroxylation is 1. The van der Waals surface area contributed by atoms with Crippen molar-refractivity contribution in [3.05, 3.63) is 27.4 Å². The van der Waals surface area contributed by atoms with Crippen LogP contribution in [0.15, 0.2) is 17.5 Å². The highest BCUT2D eigenvalue weighted by molar-refractivity contribution is 7.15. The molecule has 2 rings (SSSR count). The Bertz CT molecular complexity index is 541. The van der Waals surface area contributed by atoms with Gasteiger partial charge in [0.2, 0.25) is 0 Å². The normalized spacial score (nSPS) is 11.7. The van der Waals surface area contributed by atoms with Gasteiger partial charge in [0.05, 0.1) is 10.6 Å². The maximum absolute atomic E-state index is 11.2. The first-order valence-corrected chi connectivity index (χ1v) is 6.87. The van der Waals surface area contributed by atoms with Crippen LogP contribution >= 0.6 is 22.7 Å². The number of aromatic nitrogens is 1. The lowest BCUT2D eigenvalue weighted by molar-refractivity contribution is -0.142. The lowest BCUT2D eigenvalue weighted by atomic mass is 9.95. The highest BCUT2D eigenvalue weighted by atomic mass is 32.1. The lowest BCUT2D eigenvalue weighted by Gasteiger charge is -2.14. The standard InChI is InChI=1S/C12H13NO2S2/c1-7-9(8-5-4-6-16-8)13-10(17-7)12(2,3)11(14)15/h4-6H,1-3H3,(H,14,15). The van der Waals surface area contributed by atoms with E-state index in [1.54, 1.807) is 25.2 Å². The quantitative estimate of drug-likeness (QED) is 0.925. The van der Waals surface area contributed by atoms with Gasteiger partial charge in [-0.05, 0) is 32.2 Å². The number of rotatable bonds is 3. The Hall–Kier alpha value is -1.20. The highest BCUT2D eigenvalue weighted by Crippen LogP contribution is 2.35. The maximum atomic E-state index is 11.2. The molecule has 0 atom stereocenters. The van der Waals surface area contributed by atoms with Crippen LogP contribution in [-0.2, 0) is 10.2 Å². The number of nitrogens with zero attached hydrogens (tertiary/aromatic N) is 1. The number of hydrogen-bond donors (Lipinski definition) is 1. The van der Waals surface area contributed by atoms with E-state index in [9.17, 15) is 9.90 Å². The summed E-state index contributed by atoms with van der Waals surface area (Å²) in [6, 6.07) is 3.98. The predicted octanol–water partition coefficient (Wildman–Crippen LogP) is 3.54. The van der Waals surface area contributed by atoms with E-state index in [0.29, 0.717) is 5.01 Å². The number of carbonyl (C=O) groups is 1. The van der Waals surface area contributed by atoms with Crippen LogP contribution in [0.3, 0.4) is 0 Å². The molecule has 5 heteroatoms. The summed E-state index contributed by atoms with van der Waals surface area (Å²) in [5, 5.41) is 11.8. The van der Waals surface area contributed by atoms with Crippen LogP contribution in [0.4, 0.5) is 0 Å². The van der Waals surface area contributed by atoms with Crippen molar-refractivity contribution in [1.29, 1.82) is 0 Å². The number of aliphatic carboxylic acids is 1. The molecule has 0 bridgehead atoms. The number of thiophene rings is 1. The van der Waals surface area contributed by atoms with Crippen LogP contribution in [0.25, 0.3) is 10.6 Å². The average Bonchev–Trinajstić information content (AvgIpc) is 2.85. The minimum absolute atomic E-state index is 0.658. The molecular weight excluding hydrogens is 254 g/mol. The van der Waals surface area contributed by atoms with Gasteiger partial charge in [-0.15, -0.1) is 22.7 Å². The van der Waals surface area contributed by atoms with Gasteiger partial charge in [0.25, 0.3) is 0 Å². The highest BCUT2D eigenvalue weighted by Gasteiger charge is 2.33. The minimum Gasteiger partial charge on any atom is -0.481 e. The van der Waals surface area contributed by atoms with Crippen molar-refractivity contribution in [3.8, 4) is 10.6 Å². The van der Waals surface area contributed by atoms with Crippen LogP contribution in [0, 0.1) is 6.92 Å². The molecule has 0 aromatic carbocycles. The summed E-state index contributed by atoms with van der Waals surface area (Å²) in [6.45, 7) is 5.35. The molecule has 17 heavy (non-hydrogen) atoms. The molecule has 1 N–H and O–H groups in total. The summed E-state index contributed by atoms with van der Waals surface area (Å²) < 4.78 is 0. The molecule has 2 aromatic rings. The molecule has 0 fully saturated rings. The lowest BCUT2D eigenvalue weighted by Crippen LogP contribution is -2.28. The van der Waals surface area contributed by atoms with Gasteiger partial charge in [0.15, 0.2) is 0 Å². The van der Waals surface area contributed by atoms with Crippen LogP contribution in [0.5, 0.6) is 0 Å². The molecule has 0 saturated carbocycles. The molecule has 90 valence electrons. The Labute approximate surface area is 108 Å². The topological polar surface area (TPSA) is 50.2 Å². The number of carboxylic acid groups (broad SMARTS) is 1. The first kappa shape index (κ1) is 12.3. The third-order valence-electron chi connectivity index (χ3n) is 2.62. The molecule has 2 heterocycles. The first-order chi connectivity index (χ1) is 7.93. The van der Waals surface area contributed by atoms with E-state index < -0.39 is 11.4 Å². The summed E-state index contributed by atoms with van der Waals surface area (Å²) in [4.78, 5) is 17.8. The van der Waals surface area contributed by atoms with Gasteiger partial charge >= 0.3 is 5.97 Å². The Balaban J connectivity index is 2.48. The number of thiazole rings is 1. The molecule has 0 aliphatic heterocycles. The van der Waals surface area contributed by atoms with Gasteiger partial charge in [-0.2, -0.15) is 0 Å². The Morgan fingerprint density at radius 3 is 2.71 bits per heavy atom. The van der Waals surface area contributed by atoms with Crippen LogP contribution in [-0.4, -0.2) is 16.1 Å². The van der Waals surface area contributed by atoms with E-state index in [1.165, 1.54) is 11.3 Å². The molecular formula is C12H13NO2S2. The van der Waals surface area contributed by atoms with Gasteiger partial charge in [-0.1, -0.05) is 6.07 Å². The van der Waals surface area contributed by atoms with Crippen LogP contribution in [0.2, 0.25) is 0 Å². The smallest absolute Gasteiger partial charge is 0.316 e. The van der Waals surface area contributed by atoms with Gasteiger partial charge in [0, 0.05) is 4.88 Å². The summed E-state index contributed by atoms with van der Waals surface area (Å²) in [6.07, 6.45) is 0. The summed E-state index contributed by atoms with van der Waals surface area (Å²) >= 11 is 3.08. The Morgan fingerprint density at radius 1 is 1.47 bits per heavy atom. The Kier molecular flexibility index (Phi) is 3.05. The molecule has 0 saturated heterocycles. The van der Waals surface area contributed by atoms with Gasteiger partial charge in [-0.25, -0.2) is 4.98 Å². The third kappa shape index (κ3) is 2.12. The molecule has 0 radical (unpaired) electrons. The Morgan fingerprint density at radius 2 is 2.18 bits per heavy atom. The van der Waals surface area contributed by atoms with Gasteiger partial charge < -0.3 is 5.11 Å². The van der Waals surface area contributed by atoms with Crippen molar-refractivity contribution in [2.75, 3.05) is 0 Å². The number of carboxylic acids is 1. The van der Waals surface area contributed by atoms with E-state index in [0.717, 1.165) is 15.4 Å². The summed E-state index contributed by atoms with van der Waals surface area (Å²) in [7, 11) is 0. The molecule has 0 aliphatic carbocycles. The predicted molar refractivity (Wildman–Crippen MR) is 70.8 cm³/mol. The molecule has 3 nitrogen and oxygen atoms in total. The fraction of sp³-hybridized carbons (Fsp3) is 0.333. The van der Waals surface area contributed by atoms with Crippen molar-refractivity contribution in [1.82, 2.24) is 4.98 Å². The van der Waals surface area contributed by atoms with Crippen molar-refractivity contribution in [2.45, 2.75) is 26.2 Å². The molecule has 0 aliphatic rings. The molecule has 2 aromatic heterocycles. The minimum atomic E-state index is -0.926. The summed E-state index contributed by atoms with van der Waals surface area (Å²) in [5.74, 6) is -0.844. The van der Waals surface area contributed by atoms with Crippen molar-refractivity contribution in [2.24, 2.45) is 0 Å². The van der Waals surface area contributed by atoms with Crippen LogP contribution in [0.1, 0.15) is 23.7 Å². The van der Waals surface area contributed by atoms with Crippen LogP contribution < -0.4 is 0 Å². The van der Waals surface area contributed by atoms with E-state index in [2.05, 4.69) is 4.98 Å². The summed E-state index contributed by atoms with van der Waals surface area (Å²) in [5.41, 5.74) is -0.0142. The number of hydrogen-bond acceptors (Lipinski definition) is 4. The van der Waals surface area contributed by atoms with Crippen molar-refractivity contribution in [3.63, 3.8) is 0 Å². The third-order valence-corrected chi connectivity index (χ3v) is 4.79. The zero-order chi connectivity index (χ0) is 12.6.